The van der Waals surface area contributed by atoms with Gasteiger partial charge in [0.2, 0.25) is 5.91 Å². The molecule has 2 aromatic carbocycles. The number of nitrogens with one attached hydrogen (secondary N) is 1. The van der Waals surface area contributed by atoms with Crippen LogP contribution in [0.15, 0.2) is 60.0 Å². The molecule has 0 radical (unpaired) electrons. The summed E-state index contributed by atoms with van der Waals surface area (Å²) >= 11 is 1.61. The number of carbonyl (C=O) groups is 2. The summed E-state index contributed by atoms with van der Waals surface area (Å²) in [5.74, 6) is 0.712. The Balaban J connectivity index is 1.22. The van der Waals surface area contributed by atoms with Gasteiger partial charge < -0.3 is 15.0 Å². The molecule has 0 spiro atoms. The monoisotopic (exact) mass is 475 g/mol. The lowest BCUT2D eigenvalue weighted by atomic mass is 10.0. The number of ether oxygens (including phenoxy) is 1. The Bertz CT molecular complexity index is 1160. The molecular weight excluding hydrogens is 446 g/mol. The Morgan fingerprint density at radius 3 is 2.53 bits per heavy atom. The van der Waals surface area contributed by atoms with Gasteiger partial charge in [-0.2, -0.15) is 0 Å². The highest BCUT2D eigenvalue weighted by Crippen LogP contribution is 2.17. The first kappa shape index (κ1) is 23.7. The molecule has 1 fully saturated rings. The molecule has 1 saturated heterocycles. The number of nitrogens with zero attached hydrogens (tertiary/aromatic N) is 2. The first-order chi connectivity index (χ1) is 16.5. The first-order valence-corrected chi connectivity index (χ1v) is 12.3. The lowest BCUT2D eigenvalue weighted by molar-refractivity contribution is -0.126. The zero-order valence-corrected chi connectivity index (χ0v) is 20.3. The van der Waals surface area contributed by atoms with Crippen LogP contribution in [0.25, 0.3) is 6.08 Å². The minimum Gasteiger partial charge on any atom is -0.487 e. The van der Waals surface area contributed by atoms with Crippen LogP contribution in [0.1, 0.15) is 45.0 Å². The van der Waals surface area contributed by atoms with Crippen molar-refractivity contribution < 1.29 is 14.3 Å². The summed E-state index contributed by atoms with van der Waals surface area (Å²) in [6.45, 7) is 5.62. The van der Waals surface area contributed by atoms with Gasteiger partial charge in [-0.3, -0.25) is 9.59 Å². The molecule has 0 saturated carbocycles. The molecule has 0 atom stereocenters. The molecule has 1 aliphatic heterocycles. The molecule has 3 aromatic rings. The van der Waals surface area contributed by atoms with Gasteiger partial charge in [0, 0.05) is 36.2 Å². The molecule has 7 heteroatoms. The molecular formula is C27H29N3O3S. The number of carbonyl (C=O) groups excluding carboxylic acids is 2. The van der Waals surface area contributed by atoms with E-state index in [0.29, 0.717) is 25.3 Å². The molecule has 176 valence electrons. The highest BCUT2D eigenvalue weighted by atomic mass is 32.1. The molecule has 0 unspecified atom stereocenters. The van der Waals surface area contributed by atoms with Crippen molar-refractivity contribution in [3.8, 4) is 5.75 Å². The fraction of sp³-hybridized carbons (Fsp3) is 0.296. The van der Waals surface area contributed by atoms with Crippen molar-refractivity contribution in [2.45, 2.75) is 39.3 Å². The van der Waals surface area contributed by atoms with Crippen LogP contribution >= 0.6 is 11.3 Å². The summed E-state index contributed by atoms with van der Waals surface area (Å²) in [5.41, 5.74) is 3.53. The van der Waals surface area contributed by atoms with Crippen molar-refractivity contribution in [1.29, 1.82) is 0 Å². The number of likely N-dealkylation sites (tertiary alicyclic amines) is 1. The second kappa shape index (κ2) is 11.1. The third-order valence-corrected chi connectivity index (χ3v) is 6.71. The minimum absolute atomic E-state index is 0.0112. The standard InChI is InChI=1S/C27H29N3O3S/c1-19-5-3-4-6-25(19)27(32)29-22-13-15-30(16-14-22)26(31)12-9-21-7-10-24(11-8-21)33-17-23-18-34-20(2)28-23/h3-12,18,22H,13-17H2,1-2H3,(H,29,32)/b12-9+. The van der Waals surface area contributed by atoms with E-state index >= 15 is 0 Å². The van der Waals surface area contributed by atoms with Crippen LogP contribution in [0, 0.1) is 13.8 Å². The lowest BCUT2D eigenvalue weighted by Gasteiger charge is -2.31. The zero-order chi connectivity index (χ0) is 23.9. The van der Waals surface area contributed by atoms with Crippen LogP contribution in [0.4, 0.5) is 0 Å². The maximum absolute atomic E-state index is 12.6. The van der Waals surface area contributed by atoms with Crippen molar-refractivity contribution >= 4 is 29.2 Å². The number of hydrogen-bond donors (Lipinski definition) is 1. The summed E-state index contributed by atoms with van der Waals surface area (Å²) in [6, 6.07) is 15.3. The summed E-state index contributed by atoms with van der Waals surface area (Å²) in [6.07, 6.45) is 4.94. The van der Waals surface area contributed by atoms with Gasteiger partial charge in [-0.05, 0) is 62.1 Å². The number of aryl methyl sites for hydroxylation is 2. The van der Waals surface area contributed by atoms with Gasteiger partial charge in [-0.1, -0.05) is 30.3 Å². The molecule has 4 rings (SSSR count). The highest BCUT2D eigenvalue weighted by molar-refractivity contribution is 7.09. The predicted octanol–water partition coefficient (Wildman–Crippen LogP) is 4.77. The zero-order valence-electron chi connectivity index (χ0n) is 19.5. The van der Waals surface area contributed by atoms with Crippen LogP contribution < -0.4 is 10.1 Å². The minimum atomic E-state index is -0.0445. The van der Waals surface area contributed by atoms with Crippen molar-refractivity contribution in [2.24, 2.45) is 0 Å². The van der Waals surface area contributed by atoms with Crippen LogP contribution in [-0.2, 0) is 11.4 Å². The molecule has 1 aromatic heterocycles. The Morgan fingerprint density at radius 1 is 1.12 bits per heavy atom. The maximum Gasteiger partial charge on any atom is 0.251 e. The summed E-state index contributed by atoms with van der Waals surface area (Å²) in [7, 11) is 0. The van der Waals surface area contributed by atoms with Gasteiger partial charge in [-0.25, -0.2) is 4.98 Å². The molecule has 2 heterocycles. The Kier molecular flexibility index (Phi) is 7.75. The topological polar surface area (TPSA) is 71.5 Å². The van der Waals surface area contributed by atoms with Gasteiger partial charge in [0.15, 0.2) is 0 Å². The van der Waals surface area contributed by atoms with Crippen molar-refractivity contribution in [1.82, 2.24) is 15.2 Å². The Labute approximate surface area is 204 Å². The van der Waals surface area contributed by atoms with Crippen molar-refractivity contribution in [3.05, 3.63) is 87.4 Å². The van der Waals surface area contributed by atoms with E-state index in [0.717, 1.165) is 40.4 Å². The fourth-order valence-corrected chi connectivity index (χ4v) is 4.51. The van der Waals surface area contributed by atoms with E-state index in [-0.39, 0.29) is 17.9 Å². The number of amides is 2. The van der Waals surface area contributed by atoms with Crippen molar-refractivity contribution in [2.75, 3.05) is 13.1 Å². The molecule has 0 aliphatic carbocycles. The number of benzene rings is 2. The molecule has 1 N–H and O–H groups in total. The number of thiazole rings is 1. The second-order valence-corrected chi connectivity index (χ2v) is 9.50. The average Bonchev–Trinajstić information content (AvgIpc) is 3.27. The SMILES string of the molecule is Cc1nc(COc2ccc(/C=C/C(=O)N3CCC(NC(=O)c4ccccc4C)CC3)cc2)cs1. The predicted molar refractivity (Wildman–Crippen MR) is 135 cm³/mol. The van der Waals surface area contributed by atoms with E-state index in [1.165, 1.54) is 0 Å². The van der Waals surface area contributed by atoms with Crippen molar-refractivity contribution in [3.63, 3.8) is 0 Å². The molecule has 1 aliphatic rings. The number of rotatable bonds is 7. The van der Waals surface area contributed by atoms with E-state index in [1.54, 1.807) is 17.4 Å². The largest absolute Gasteiger partial charge is 0.487 e. The fourth-order valence-electron chi connectivity index (χ4n) is 3.91. The van der Waals surface area contributed by atoms with E-state index < -0.39 is 0 Å². The third kappa shape index (κ3) is 6.32. The average molecular weight is 476 g/mol. The summed E-state index contributed by atoms with van der Waals surface area (Å²) in [5, 5.41) is 6.14. The third-order valence-electron chi connectivity index (χ3n) is 5.88. The number of hydrogen-bond acceptors (Lipinski definition) is 5. The van der Waals surface area contributed by atoms with Gasteiger partial charge in [0.05, 0.1) is 10.7 Å². The van der Waals surface area contributed by atoms with Gasteiger partial charge in [0.25, 0.3) is 5.91 Å². The maximum atomic E-state index is 12.6. The quantitative estimate of drug-likeness (QED) is 0.500. The van der Waals surface area contributed by atoms with E-state index in [2.05, 4.69) is 10.3 Å². The molecule has 0 bridgehead atoms. The van der Waals surface area contributed by atoms with Gasteiger partial charge in [0.1, 0.15) is 12.4 Å². The van der Waals surface area contributed by atoms with E-state index in [4.69, 9.17) is 4.74 Å². The smallest absolute Gasteiger partial charge is 0.251 e. The van der Waals surface area contributed by atoms with Gasteiger partial charge in [-0.15, -0.1) is 11.3 Å². The molecule has 34 heavy (non-hydrogen) atoms. The van der Waals surface area contributed by atoms with Gasteiger partial charge >= 0.3 is 0 Å². The molecule has 6 nitrogen and oxygen atoms in total. The normalized spacial score (nSPS) is 14.4. The first-order valence-electron chi connectivity index (χ1n) is 11.5. The Hall–Kier alpha value is -3.45. The van der Waals surface area contributed by atoms with Crippen LogP contribution in [0.2, 0.25) is 0 Å². The highest BCUT2D eigenvalue weighted by Gasteiger charge is 2.23. The molecule has 2 amide bonds. The lowest BCUT2D eigenvalue weighted by Crippen LogP contribution is -2.46. The van der Waals surface area contributed by atoms with Crippen LogP contribution in [0.3, 0.4) is 0 Å². The van der Waals surface area contributed by atoms with E-state index in [9.17, 15) is 9.59 Å². The Morgan fingerprint density at radius 2 is 1.85 bits per heavy atom. The number of piperidine rings is 1. The second-order valence-electron chi connectivity index (χ2n) is 8.44. The van der Waals surface area contributed by atoms with E-state index in [1.807, 2.05) is 78.7 Å². The summed E-state index contributed by atoms with van der Waals surface area (Å²) in [4.78, 5) is 31.4. The summed E-state index contributed by atoms with van der Waals surface area (Å²) < 4.78 is 5.77. The van der Waals surface area contributed by atoms with Crippen LogP contribution in [-0.4, -0.2) is 40.8 Å². The number of aromatic nitrogens is 1. The van der Waals surface area contributed by atoms with Crippen LogP contribution in [0.5, 0.6) is 5.75 Å².